The van der Waals surface area contributed by atoms with Crippen molar-refractivity contribution < 1.29 is 13.9 Å². The molecule has 4 aromatic rings. The van der Waals surface area contributed by atoms with Crippen LogP contribution < -0.4 is 9.47 Å². The van der Waals surface area contributed by atoms with Gasteiger partial charge in [-0.25, -0.2) is 15.0 Å². The molecule has 2 heterocycles. The number of nitrogens with zero attached hydrogens (tertiary/aromatic N) is 5. The minimum atomic E-state index is -1.94. The molecule has 0 unspecified atom stereocenters. The average Bonchev–Trinajstić information content (AvgIpc) is 3.35. The molecule has 2 aromatic heterocycles. The molecule has 0 saturated carbocycles. The van der Waals surface area contributed by atoms with E-state index in [9.17, 15) is 0 Å². The molecule has 0 amide bonds. The highest BCUT2D eigenvalue weighted by Gasteiger charge is 2.34. The monoisotopic (exact) mass is 619 g/mol. The van der Waals surface area contributed by atoms with E-state index in [0.717, 1.165) is 5.56 Å². The van der Waals surface area contributed by atoms with E-state index in [1.807, 2.05) is 12.1 Å². The van der Waals surface area contributed by atoms with E-state index in [2.05, 4.69) is 25.1 Å². The summed E-state index contributed by atoms with van der Waals surface area (Å²) >= 11 is 35.7. The first-order chi connectivity index (χ1) is 17.5. The largest absolute Gasteiger partial charge is 0.493 e. The first-order valence-electron chi connectivity index (χ1n) is 10.2. The van der Waals surface area contributed by atoms with Gasteiger partial charge in [-0.1, -0.05) is 93.9 Å². The summed E-state index contributed by atoms with van der Waals surface area (Å²) in [5.74, 6) is 1.62. The minimum Gasteiger partial charge on any atom is -0.493 e. The molecule has 0 fully saturated rings. The summed E-state index contributed by atoms with van der Waals surface area (Å²) in [5, 5.41) is 8.15. The lowest BCUT2D eigenvalue weighted by molar-refractivity contribution is 0.355. The summed E-state index contributed by atoms with van der Waals surface area (Å²) in [6.07, 6.45) is 3.47. The van der Waals surface area contributed by atoms with Gasteiger partial charge >= 0.3 is 0 Å². The highest BCUT2D eigenvalue weighted by molar-refractivity contribution is 6.67. The molecule has 0 aliphatic carbocycles. The Kier molecular flexibility index (Phi) is 8.38. The van der Waals surface area contributed by atoms with Crippen LogP contribution in [0.4, 0.5) is 0 Å². The van der Waals surface area contributed by atoms with Gasteiger partial charge in [0.1, 0.15) is 0 Å². The first kappa shape index (κ1) is 27.7. The SMILES string of the molecule is COc1ccc(-c2nnc(C=Cc3ccc(-c4nc(C(Cl)(Cl)Cl)nc(C(Cl)(Cl)Cl)n4)cc3)o2)cc1OC. The smallest absolute Gasteiger partial charge is 0.250 e. The third-order valence-corrected chi connectivity index (χ3v) is 5.82. The van der Waals surface area contributed by atoms with Crippen LogP contribution >= 0.6 is 69.6 Å². The number of rotatable bonds is 6. The number of aromatic nitrogens is 5. The molecule has 192 valence electrons. The number of alkyl halides is 6. The van der Waals surface area contributed by atoms with E-state index in [0.29, 0.717) is 34.4 Å². The number of halogens is 6. The molecule has 0 aliphatic rings. The lowest BCUT2D eigenvalue weighted by Crippen LogP contribution is -2.16. The lowest BCUT2D eigenvalue weighted by Gasteiger charge is -2.15. The molecular weight excluding hydrogens is 607 g/mol. The van der Waals surface area contributed by atoms with Crippen molar-refractivity contribution in [3.8, 4) is 34.3 Å². The van der Waals surface area contributed by atoms with Crippen LogP contribution in [-0.4, -0.2) is 39.4 Å². The summed E-state index contributed by atoms with van der Waals surface area (Å²) in [6, 6.07) is 12.4. The average molecular weight is 622 g/mol. The van der Waals surface area contributed by atoms with Crippen molar-refractivity contribution in [3.63, 3.8) is 0 Å². The zero-order valence-corrected chi connectivity index (χ0v) is 23.5. The highest BCUT2D eigenvalue weighted by Crippen LogP contribution is 2.40. The fourth-order valence-electron chi connectivity index (χ4n) is 3.06. The van der Waals surface area contributed by atoms with Crippen LogP contribution in [0.15, 0.2) is 46.9 Å². The molecule has 0 atom stereocenters. The molecule has 0 spiro atoms. The van der Waals surface area contributed by atoms with E-state index < -0.39 is 7.59 Å². The van der Waals surface area contributed by atoms with Crippen LogP contribution in [0.3, 0.4) is 0 Å². The van der Waals surface area contributed by atoms with Crippen molar-refractivity contribution in [3.05, 3.63) is 65.6 Å². The lowest BCUT2D eigenvalue weighted by atomic mass is 10.1. The molecule has 2 aromatic carbocycles. The Balaban J connectivity index is 1.55. The van der Waals surface area contributed by atoms with E-state index >= 15 is 0 Å². The Bertz CT molecular complexity index is 1400. The number of benzene rings is 2. The fourth-order valence-corrected chi connectivity index (χ4v) is 3.56. The van der Waals surface area contributed by atoms with Gasteiger partial charge in [-0.2, -0.15) is 0 Å². The second-order valence-corrected chi connectivity index (χ2v) is 11.8. The van der Waals surface area contributed by atoms with Crippen molar-refractivity contribution in [2.24, 2.45) is 0 Å². The number of ether oxygens (including phenoxy) is 2. The van der Waals surface area contributed by atoms with Gasteiger partial charge in [0.05, 0.1) is 14.2 Å². The van der Waals surface area contributed by atoms with Crippen molar-refractivity contribution >= 4 is 81.8 Å². The van der Waals surface area contributed by atoms with Crippen LogP contribution in [0.25, 0.3) is 35.0 Å². The zero-order valence-electron chi connectivity index (χ0n) is 18.9. The quantitative estimate of drug-likeness (QED) is 0.205. The number of hydrogen-bond donors (Lipinski definition) is 0. The summed E-state index contributed by atoms with van der Waals surface area (Å²) in [7, 11) is 3.11. The topological polar surface area (TPSA) is 96.1 Å². The van der Waals surface area contributed by atoms with Crippen LogP contribution in [0.2, 0.25) is 0 Å². The molecule has 0 bridgehead atoms. The number of methoxy groups -OCH3 is 2. The highest BCUT2D eigenvalue weighted by atomic mass is 35.6. The molecule has 37 heavy (non-hydrogen) atoms. The Morgan fingerprint density at radius 2 is 1.30 bits per heavy atom. The van der Waals surface area contributed by atoms with Crippen molar-refractivity contribution in [1.82, 2.24) is 25.1 Å². The molecule has 0 aliphatic heterocycles. The van der Waals surface area contributed by atoms with Gasteiger partial charge in [-0.3, -0.25) is 0 Å². The van der Waals surface area contributed by atoms with E-state index in [-0.39, 0.29) is 17.5 Å². The molecule has 8 nitrogen and oxygen atoms in total. The van der Waals surface area contributed by atoms with Gasteiger partial charge in [0, 0.05) is 17.2 Å². The normalized spacial score (nSPS) is 12.2. The van der Waals surface area contributed by atoms with Crippen molar-refractivity contribution in [2.75, 3.05) is 14.2 Å². The molecule has 0 radical (unpaired) electrons. The Labute approximate surface area is 241 Å². The second-order valence-electron chi connectivity index (χ2n) is 7.27. The molecule has 4 rings (SSSR count). The Morgan fingerprint density at radius 3 is 1.86 bits per heavy atom. The van der Waals surface area contributed by atoms with Crippen molar-refractivity contribution in [2.45, 2.75) is 7.59 Å². The summed E-state index contributed by atoms with van der Waals surface area (Å²) in [6.45, 7) is 0. The van der Waals surface area contributed by atoms with Gasteiger partial charge < -0.3 is 13.9 Å². The van der Waals surface area contributed by atoms with Gasteiger partial charge in [-0.05, 0) is 29.8 Å². The zero-order chi connectivity index (χ0) is 26.8. The third-order valence-electron chi connectivity index (χ3n) is 4.80. The van der Waals surface area contributed by atoms with Crippen LogP contribution in [-0.2, 0) is 7.59 Å². The molecule has 14 heteroatoms. The van der Waals surface area contributed by atoms with E-state index in [1.54, 1.807) is 56.7 Å². The molecule has 0 saturated heterocycles. The molecular formula is C23H15Cl6N5O3. The van der Waals surface area contributed by atoms with Crippen LogP contribution in [0.5, 0.6) is 11.5 Å². The van der Waals surface area contributed by atoms with Gasteiger partial charge in [0.2, 0.25) is 19.4 Å². The predicted molar refractivity (Wildman–Crippen MR) is 146 cm³/mol. The first-order valence-corrected chi connectivity index (χ1v) is 12.5. The third kappa shape index (κ3) is 6.76. The Morgan fingerprint density at radius 1 is 0.703 bits per heavy atom. The van der Waals surface area contributed by atoms with Crippen molar-refractivity contribution in [1.29, 1.82) is 0 Å². The summed E-state index contributed by atoms with van der Waals surface area (Å²) in [4.78, 5) is 12.4. The van der Waals surface area contributed by atoms with E-state index in [4.69, 9.17) is 83.5 Å². The predicted octanol–water partition coefficient (Wildman–Crippen LogP) is 7.43. The van der Waals surface area contributed by atoms with Gasteiger partial charge in [0.15, 0.2) is 29.0 Å². The maximum atomic E-state index is 5.94. The maximum Gasteiger partial charge on any atom is 0.250 e. The van der Waals surface area contributed by atoms with Gasteiger partial charge in [0.25, 0.3) is 0 Å². The van der Waals surface area contributed by atoms with E-state index in [1.165, 1.54) is 0 Å². The van der Waals surface area contributed by atoms with Gasteiger partial charge in [-0.15, -0.1) is 10.2 Å². The van der Waals surface area contributed by atoms with Crippen LogP contribution in [0.1, 0.15) is 23.1 Å². The summed E-state index contributed by atoms with van der Waals surface area (Å²) < 4.78 is 12.4. The maximum absolute atomic E-state index is 5.94. The molecule has 0 N–H and O–H groups in total. The number of hydrogen-bond acceptors (Lipinski definition) is 8. The Hall–Kier alpha value is -2.33. The van der Waals surface area contributed by atoms with Crippen LogP contribution in [0, 0.1) is 0 Å². The second kappa shape index (κ2) is 11.2. The minimum absolute atomic E-state index is 0.171. The fraction of sp³-hybridized carbons (Fsp3) is 0.174. The standard InChI is InChI=1S/C23H15Cl6N5O3/c1-35-15-9-8-14(11-16(15)36-2)19-34-33-17(37-19)10-5-12-3-6-13(7-4-12)18-30-20(22(24,25)26)32-21(31-18)23(27,28)29/h3-11H,1-2H3. The summed E-state index contributed by atoms with van der Waals surface area (Å²) in [5.41, 5.74) is 2.10.